The summed E-state index contributed by atoms with van der Waals surface area (Å²) in [6, 6.07) is 13.5. The molecule has 0 radical (unpaired) electrons. The monoisotopic (exact) mass is 821 g/mol. The minimum absolute atomic E-state index is 0.172. The highest BCUT2D eigenvalue weighted by Gasteiger charge is 2.40. The van der Waals surface area contributed by atoms with Gasteiger partial charge in [-0.2, -0.15) is 5.10 Å². The van der Waals surface area contributed by atoms with E-state index >= 15 is 4.79 Å². The van der Waals surface area contributed by atoms with Crippen molar-refractivity contribution in [2.24, 2.45) is 20.0 Å². The summed E-state index contributed by atoms with van der Waals surface area (Å²) in [6.07, 6.45) is 6.21. The van der Waals surface area contributed by atoms with Crippen LogP contribution in [0.4, 0.5) is 5.69 Å². The van der Waals surface area contributed by atoms with E-state index in [1.807, 2.05) is 69.9 Å². The second-order valence-corrected chi connectivity index (χ2v) is 17.3. The first-order valence-electron chi connectivity index (χ1n) is 20.1. The Balaban J connectivity index is 1.27. The number of benzene rings is 3. The number of carbonyl (C=O) groups excluding carboxylic acids is 1. The minimum atomic E-state index is -1.01. The van der Waals surface area contributed by atoms with Gasteiger partial charge in [0.2, 0.25) is 5.69 Å². The second kappa shape index (κ2) is 15.4. The third-order valence-electron chi connectivity index (χ3n) is 12.4. The van der Waals surface area contributed by atoms with Crippen LogP contribution in [-0.2, 0) is 26.9 Å². The number of rotatable bonds is 11. The van der Waals surface area contributed by atoms with Crippen LogP contribution in [0.2, 0.25) is 10.0 Å². The number of fused-ring (bicyclic) bond motifs is 4. The van der Waals surface area contributed by atoms with Crippen LogP contribution in [0.15, 0.2) is 42.5 Å². The van der Waals surface area contributed by atoms with Crippen molar-refractivity contribution in [3.63, 3.8) is 0 Å². The van der Waals surface area contributed by atoms with Crippen LogP contribution in [0.25, 0.3) is 32.9 Å². The average Bonchev–Trinajstić information content (AvgIpc) is 3.91. The number of likely N-dealkylation sites (tertiary alicyclic amines) is 1. The van der Waals surface area contributed by atoms with Gasteiger partial charge >= 0.3 is 11.9 Å². The molecule has 1 unspecified atom stereocenters. The molecule has 0 bridgehead atoms. The Bertz CT molecular complexity index is 2680. The molecule has 12 heteroatoms. The number of hydrogen-bond donors (Lipinski definition) is 1. The second-order valence-electron chi connectivity index (χ2n) is 16.5. The third kappa shape index (κ3) is 6.82. The lowest BCUT2D eigenvalue weighted by molar-refractivity contribution is -0.333. The molecule has 1 amide bonds. The van der Waals surface area contributed by atoms with Gasteiger partial charge in [-0.25, -0.2) is 9.59 Å². The molecule has 2 aliphatic rings. The van der Waals surface area contributed by atoms with Gasteiger partial charge in [0.25, 0.3) is 0 Å². The van der Waals surface area contributed by atoms with E-state index in [1.165, 1.54) is 0 Å². The van der Waals surface area contributed by atoms with Gasteiger partial charge in [0.15, 0.2) is 11.9 Å². The molecule has 5 heterocycles. The van der Waals surface area contributed by atoms with Crippen molar-refractivity contribution < 1.29 is 24.0 Å². The number of carbonyl (C=O) groups is 2. The van der Waals surface area contributed by atoms with Gasteiger partial charge in [-0.3, -0.25) is 4.68 Å². The van der Waals surface area contributed by atoms with Crippen molar-refractivity contribution in [3.8, 4) is 16.9 Å². The van der Waals surface area contributed by atoms with Crippen molar-refractivity contribution >= 4 is 68.8 Å². The van der Waals surface area contributed by atoms with Crippen molar-refractivity contribution in [1.82, 2.24) is 23.8 Å². The van der Waals surface area contributed by atoms with Gasteiger partial charge in [0.05, 0.1) is 33.7 Å². The molecular formula is C46H51Cl2N6O4+. The number of carboxylic acid groups (broad SMARTS) is 1. The lowest BCUT2D eigenvalue weighted by Gasteiger charge is -2.20. The van der Waals surface area contributed by atoms with E-state index in [-0.39, 0.29) is 17.6 Å². The molecule has 58 heavy (non-hydrogen) atoms. The maximum atomic E-state index is 15.4. The predicted octanol–water partition coefficient (Wildman–Crippen LogP) is 9.80. The molecule has 1 saturated heterocycles. The third-order valence-corrected chi connectivity index (χ3v) is 13.3. The first kappa shape index (κ1) is 39.9. The highest BCUT2D eigenvalue weighted by Crippen LogP contribution is 2.45. The number of amides is 1. The Morgan fingerprint density at radius 1 is 0.983 bits per heavy atom. The zero-order valence-corrected chi connectivity index (χ0v) is 36.1. The van der Waals surface area contributed by atoms with Gasteiger partial charge in [-0.15, -0.1) is 4.58 Å². The lowest BCUT2D eigenvalue weighted by Crippen LogP contribution is -2.31. The zero-order chi connectivity index (χ0) is 41.3. The van der Waals surface area contributed by atoms with Crippen LogP contribution in [0, 0.1) is 33.6 Å². The van der Waals surface area contributed by atoms with E-state index in [1.54, 1.807) is 22.3 Å². The van der Waals surface area contributed by atoms with Crippen LogP contribution in [0.5, 0.6) is 5.75 Å². The summed E-state index contributed by atoms with van der Waals surface area (Å²) in [7, 11) is 5.88. The Kier molecular flexibility index (Phi) is 10.6. The van der Waals surface area contributed by atoms with Crippen molar-refractivity contribution in [3.05, 3.63) is 97.5 Å². The van der Waals surface area contributed by atoms with Gasteiger partial charge in [0.1, 0.15) is 17.5 Å². The van der Waals surface area contributed by atoms with Gasteiger partial charge in [-0.05, 0) is 139 Å². The van der Waals surface area contributed by atoms with Crippen LogP contribution in [0.1, 0.15) is 86.8 Å². The number of nitrogens with zero attached hydrogens (tertiary/aromatic N) is 6. The molecule has 10 nitrogen and oxygen atoms in total. The molecule has 8 rings (SSSR count). The first-order valence-corrected chi connectivity index (χ1v) is 20.9. The molecule has 3 aromatic carbocycles. The smallest absolute Gasteiger partial charge is 0.441 e. The fraction of sp³-hybridized carbons (Fsp3) is 0.391. The number of hydrogen-bond acceptors (Lipinski definition) is 5. The van der Waals surface area contributed by atoms with Crippen molar-refractivity contribution in [2.75, 3.05) is 26.7 Å². The standard InChI is InChI=1S/C46H50Cl2N6O4/c1-25-18-32(19-26(2)42(25)48)58-17-9-10-33-34-13-14-36(47)41(40-28(4)49-52(8)29(40)5)43(34)54-27(3)23-53(45(55)44(33)54)38-21-31(12-11-30-15-16-50(6)24-30)20-37-35(38)22-39(46(56)57)51(37)7/h13-14,18-23,27,30H,9-12,15-17,24H2,1-8H3/p+1/t27-,30?/m1/s1. The molecule has 0 spiro atoms. The summed E-state index contributed by atoms with van der Waals surface area (Å²) >= 11 is 13.6. The molecule has 2 aliphatic heterocycles. The largest absolute Gasteiger partial charge is 0.494 e. The van der Waals surface area contributed by atoms with Crippen molar-refractivity contribution in [1.29, 1.82) is 0 Å². The predicted molar refractivity (Wildman–Crippen MR) is 232 cm³/mol. The van der Waals surface area contributed by atoms with E-state index in [0.717, 1.165) is 110 Å². The van der Waals surface area contributed by atoms with Gasteiger partial charge in [-0.1, -0.05) is 29.3 Å². The molecule has 0 saturated carbocycles. The summed E-state index contributed by atoms with van der Waals surface area (Å²) < 4.78 is 13.8. The van der Waals surface area contributed by atoms with Crippen LogP contribution in [-0.4, -0.2) is 78.3 Å². The summed E-state index contributed by atoms with van der Waals surface area (Å²) in [5, 5.41) is 17.9. The topological polar surface area (TPSA) is 97.5 Å². The highest BCUT2D eigenvalue weighted by atomic mass is 35.5. The molecule has 3 aromatic heterocycles. The molecule has 0 aliphatic carbocycles. The molecule has 2 atom stereocenters. The van der Waals surface area contributed by atoms with E-state index < -0.39 is 5.97 Å². The van der Waals surface area contributed by atoms with E-state index in [4.69, 9.17) is 33.0 Å². The van der Waals surface area contributed by atoms with Crippen LogP contribution in [0.3, 0.4) is 0 Å². The molecule has 302 valence electrons. The average molecular weight is 823 g/mol. The van der Waals surface area contributed by atoms with Crippen molar-refractivity contribution in [2.45, 2.75) is 72.8 Å². The molecule has 6 aromatic rings. The van der Waals surface area contributed by atoms with Gasteiger partial charge in [0, 0.05) is 53.9 Å². The SMILES string of the molecule is Cc1cc(OCCCc2c3n(c4c(-c5c(C)nn(C)c5C)c(Cl)ccc24)[C@H](C)C=[N+](c2cc(CCC4CCN(C)C4)cc4c2cc(C(=O)O)n4C)C3=O)cc(C)c1Cl. The zero-order valence-electron chi connectivity index (χ0n) is 34.5. The number of carboxylic acids is 1. The number of aryl methyl sites for hydroxylation is 7. The first-order chi connectivity index (χ1) is 27.6. The highest BCUT2D eigenvalue weighted by molar-refractivity contribution is 6.35. The fourth-order valence-corrected chi connectivity index (χ4v) is 9.80. The number of aromatic carboxylic acids is 1. The fourth-order valence-electron chi connectivity index (χ4n) is 9.44. The Morgan fingerprint density at radius 3 is 2.38 bits per heavy atom. The van der Waals surface area contributed by atoms with E-state index in [2.05, 4.69) is 35.6 Å². The van der Waals surface area contributed by atoms with Crippen LogP contribution < -0.4 is 4.74 Å². The Morgan fingerprint density at radius 2 is 1.72 bits per heavy atom. The molecule has 1 fully saturated rings. The maximum absolute atomic E-state index is 15.4. The lowest BCUT2D eigenvalue weighted by atomic mass is 9.97. The summed E-state index contributed by atoms with van der Waals surface area (Å²) in [5.41, 5.74) is 10.7. The minimum Gasteiger partial charge on any atom is -0.494 e. The normalized spacial score (nSPS) is 17.1. The molecular weight excluding hydrogens is 771 g/mol. The quantitative estimate of drug-likeness (QED) is 0.103. The maximum Gasteiger partial charge on any atom is 0.441 e. The van der Waals surface area contributed by atoms with E-state index in [0.29, 0.717) is 41.8 Å². The Hall–Kier alpha value is -4.90. The van der Waals surface area contributed by atoms with E-state index in [9.17, 15) is 9.90 Å². The summed E-state index contributed by atoms with van der Waals surface area (Å²) in [4.78, 5) is 30.2. The summed E-state index contributed by atoms with van der Waals surface area (Å²) in [5.74, 6) is 0.171. The van der Waals surface area contributed by atoms with Gasteiger partial charge < -0.3 is 23.9 Å². The number of halogens is 2. The molecule has 1 N–H and O–H groups in total. The Labute approximate surface area is 349 Å². The number of aromatic nitrogens is 4. The number of ether oxygens (including phenoxy) is 1. The van der Waals surface area contributed by atoms with Crippen LogP contribution >= 0.6 is 23.2 Å². The summed E-state index contributed by atoms with van der Waals surface area (Å²) in [6.45, 7) is 12.7.